The lowest BCUT2D eigenvalue weighted by molar-refractivity contribution is -0.0436. The van der Waals surface area contributed by atoms with E-state index in [0.717, 1.165) is 20.3 Å². The Morgan fingerprint density at radius 3 is 2.21 bits per heavy atom. The molecule has 1 rings (SSSR count). The SMILES string of the molecule is COC(=O)c1ccc(S(=O)(=O)C(F)(F)F)cc1OC. The third-order valence-corrected chi connectivity index (χ3v) is 3.68. The second-order valence-electron chi connectivity index (χ2n) is 3.30. The van der Waals surface area contributed by atoms with Crippen molar-refractivity contribution in [2.24, 2.45) is 0 Å². The number of halogens is 3. The van der Waals surface area contributed by atoms with Crippen molar-refractivity contribution in [1.82, 2.24) is 0 Å². The largest absolute Gasteiger partial charge is 0.501 e. The van der Waals surface area contributed by atoms with Crippen molar-refractivity contribution < 1.29 is 35.9 Å². The van der Waals surface area contributed by atoms with E-state index >= 15 is 0 Å². The Bertz CT molecular complexity index is 592. The molecular formula is C10H9F3O5S. The summed E-state index contributed by atoms with van der Waals surface area (Å²) in [6.45, 7) is 0. The molecule has 1 aromatic rings. The van der Waals surface area contributed by atoms with Crippen LogP contribution in [0.3, 0.4) is 0 Å². The number of ether oxygens (including phenoxy) is 2. The number of alkyl halides is 3. The van der Waals surface area contributed by atoms with Crippen molar-refractivity contribution in [1.29, 1.82) is 0 Å². The number of carbonyl (C=O) groups is 1. The summed E-state index contributed by atoms with van der Waals surface area (Å²) in [7, 11) is -3.33. The highest BCUT2D eigenvalue weighted by atomic mass is 32.2. The second kappa shape index (κ2) is 5.08. The van der Waals surface area contributed by atoms with Gasteiger partial charge in [0, 0.05) is 0 Å². The summed E-state index contributed by atoms with van der Waals surface area (Å²) in [6.07, 6.45) is 0. The van der Waals surface area contributed by atoms with Gasteiger partial charge in [0.25, 0.3) is 9.84 Å². The Balaban J connectivity index is 3.41. The first-order chi connectivity index (χ1) is 8.65. The Morgan fingerprint density at radius 2 is 1.79 bits per heavy atom. The maximum absolute atomic E-state index is 12.4. The van der Waals surface area contributed by atoms with Gasteiger partial charge in [-0.2, -0.15) is 13.2 Å². The van der Waals surface area contributed by atoms with Gasteiger partial charge in [-0.15, -0.1) is 0 Å². The third kappa shape index (κ3) is 2.80. The van der Waals surface area contributed by atoms with Crippen LogP contribution in [0.2, 0.25) is 0 Å². The Morgan fingerprint density at radius 1 is 1.21 bits per heavy atom. The Hall–Kier alpha value is -1.77. The van der Waals surface area contributed by atoms with Gasteiger partial charge in [0.1, 0.15) is 11.3 Å². The molecule has 9 heteroatoms. The number of methoxy groups -OCH3 is 2. The van der Waals surface area contributed by atoms with E-state index in [2.05, 4.69) is 9.47 Å². The molecule has 0 aliphatic carbocycles. The van der Waals surface area contributed by atoms with Gasteiger partial charge in [-0.25, -0.2) is 13.2 Å². The molecule has 0 unspecified atom stereocenters. The van der Waals surface area contributed by atoms with Gasteiger partial charge in [0.2, 0.25) is 0 Å². The van der Waals surface area contributed by atoms with Crippen LogP contribution in [0.1, 0.15) is 10.4 Å². The molecule has 0 saturated heterocycles. The Labute approximate surface area is 106 Å². The molecule has 0 atom stereocenters. The maximum atomic E-state index is 12.4. The minimum absolute atomic E-state index is 0.175. The fraction of sp³-hybridized carbons (Fsp3) is 0.300. The van der Waals surface area contributed by atoms with Crippen molar-refractivity contribution in [2.75, 3.05) is 14.2 Å². The van der Waals surface area contributed by atoms with Gasteiger partial charge in [0.15, 0.2) is 0 Å². The molecule has 5 nitrogen and oxygen atoms in total. The van der Waals surface area contributed by atoms with E-state index in [1.807, 2.05) is 0 Å². The van der Waals surface area contributed by atoms with Crippen LogP contribution < -0.4 is 4.74 Å². The van der Waals surface area contributed by atoms with Gasteiger partial charge < -0.3 is 9.47 Å². The van der Waals surface area contributed by atoms with E-state index < -0.39 is 26.2 Å². The zero-order valence-corrected chi connectivity index (χ0v) is 10.6. The normalized spacial score (nSPS) is 12.1. The average Bonchev–Trinajstić information content (AvgIpc) is 2.35. The quantitative estimate of drug-likeness (QED) is 0.795. The molecule has 1 aromatic carbocycles. The summed E-state index contributed by atoms with van der Waals surface area (Å²) < 4.78 is 68.5. The van der Waals surface area contributed by atoms with E-state index in [4.69, 9.17) is 0 Å². The van der Waals surface area contributed by atoms with Gasteiger partial charge in [0.05, 0.1) is 19.1 Å². The standard InChI is InChI=1S/C10H9F3O5S/c1-17-8-5-6(19(15,16)10(11,12)13)3-4-7(8)9(14)18-2/h3-5H,1-2H3. The van der Waals surface area contributed by atoms with Crippen LogP contribution in [-0.2, 0) is 14.6 Å². The van der Waals surface area contributed by atoms with Crippen LogP contribution in [-0.4, -0.2) is 34.1 Å². The van der Waals surface area contributed by atoms with Crippen molar-refractivity contribution >= 4 is 15.8 Å². The lowest BCUT2D eigenvalue weighted by Gasteiger charge is -2.11. The van der Waals surface area contributed by atoms with Crippen molar-refractivity contribution in [2.45, 2.75) is 10.4 Å². The van der Waals surface area contributed by atoms with Crippen LogP contribution in [0.15, 0.2) is 23.1 Å². The number of hydrogen-bond acceptors (Lipinski definition) is 5. The molecule has 106 valence electrons. The monoisotopic (exact) mass is 298 g/mol. The predicted octanol–water partition coefficient (Wildman–Crippen LogP) is 1.78. The van der Waals surface area contributed by atoms with E-state index in [9.17, 15) is 26.4 Å². The predicted molar refractivity (Wildman–Crippen MR) is 57.6 cm³/mol. The zero-order valence-electron chi connectivity index (χ0n) is 9.82. The molecule has 0 heterocycles. The van der Waals surface area contributed by atoms with Crippen LogP contribution in [0.25, 0.3) is 0 Å². The van der Waals surface area contributed by atoms with Crippen LogP contribution in [0.5, 0.6) is 5.75 Å². The van der Waals surface area contributed by atoms with E-state index in [0.29, 0.717) is 12.1 Å². The first-order valence-corrected chi connectivity index (χ1v) is 6.21. The first kappa shape index (κ1) is 15.3. The van der Waals surface area contributed by atoms with Crippen LogP contribution in [0, 0.1) is 0 Å². The molecule has 0 saturated carbocycles. The number of rotatable bonds is 3. The van der Waals surface area contributed by atoms with Gasteiger partial charge in [-0.05, 0) is 18.2 Å². The third-order valence-electron chi connectivity index (χ3n) is 2.19. The average molecular weight is 298 g/mol. The molecule has 0 fully saturated rings. The van der Waals surface area contributed by atoms with Crippen molar-refractivity contribution in [3.63, 3.8) is 0 Å². The summed E-state index contributed by atoms with van der Waals surface area (Å²) in [5, 5.41) is 0. The number of carbonyl (C=O) groups excluding carboxylic acids is 1. The minimum atomic E-state index is -5.49. The van der Waals surface area contributed by atoms with Crippen molar-refractivity contribution in [3.05, 3.63) is 23.8 Å². The Kier molecular flexibility index (Phi) is 4.09. The van der Waals surface area contributed by atoms with Crippen LogP contribution in [0.4, 0.5) is 13.2 Å². The summed E-state index contributed by atoms with van der Waals surface area (Å²) in [4.78, 5) is 10.3. The molecule has 0 radical (unpaired) electrons. The zero-order chi connectivity index (χ0) is 14.8. The highest BCUT2D eigenvalue weighted by Gasteiger charge is 2.47. The molecule has 0 aliphatic rings. The number of esters is 1. The van der Waals surface area contributed by atoms with Gasteiger partial charge in [-0.1, -0.05) is 0 Å². The van der Waals surface area contributed by atoms with Gasteiger partial charge >= 0.3 is 11.5 Å². The highest BCUT2D eigenvalue weighted by Crippen LogP contribution is 2.33. The van der Waals surface area contributed by atoms with E-state index in [-0.39, 0.29) is 11.3 Å². The maximum Gasteiger partial charge on any atom is 0.501 e. The second-order valence-corrected chi connectivity index (χ2v) is 5.24. The fourth-order valence-corrected chi connectivity index (χ4v) is 2.03. The molecule has 0 aromatic heterocycles. The molecular weight excluding hydrogens is 289 g/mol. The van der Waals surface area contributed by atoms with E-state index in [1.54, 1.807) is 0 Å². The summed E-state index contributed by atoms with van der Waals surface area (Å²) >= 11 is 0. The number of hydrogen-bond donors (Lipinski definition) is 0. The molecule has 0 spiro atoms. The smallest absolute Gasteiger partial charge is 0.496 e. The molecule has 19 heavy (non-hydrogen) atoms. The molecule has 0 N–H and O–H groups in total. The highest BCUT2D eigenvalue weighted by molar-refractivity contribution is 7.92. The summed E-state index contributed by atoms with van der Waals surface area (Å²) in [5.74, 6) is -1.18. The van der Waals surface area contributed by atoms with Gasteiger partial charge in [-0.3, -0.25) is 0 Å². The summed E-state index contributed by atoms with van der Waals surface area (Å²) in [5.41, 5.74) is -5.60. The summed E-state index contributed by atoms with van der Waals surface area (Å²) in [6, 6.07) is 2.18. The topological polar surface area (TPSA) is 69.7 Å². The molecule has 0 aliphatic heterocycles. The number of sulfone groups is 1. The van der Waals surface area contributed by atoms with Crippen LogP contribution >= 0.6 is 0 Å². The fourth-order valence-electron chi connectivity index (χ4n) is 1.25. The molecule has 0 amide bonds. The first-order valence-electron chi connectivity index (χ1n) is 4.73. The van der Waals surface area contributed by atoms with Crippen molar-refractivity contribution in [3.8, 4) is 5.75 Å². The number of benzene rings is 1. The van der Waals surface area contributed by atoms with E-state index in [1.165, 1.54) is 0 Å². The minimum Gasteiger partial charge on any atom is -0.496 e. The lowest BCUT2D eigenvalue weighted by atomic mass is 10.2. The molecule has 0 bridgehead atoms. The lowest BCUT2D eigenvalue weighted by Crippen LogP contribution is -2.23.